The Kier molecular flexibility index (Phi) is 5.37. The quantitative estimate of drug-likeness (QED) is 0.801. The van der Waals surface area contributed by atoms with Crippen molar-refractivity contribution in [3.05, 3.63) is 29.3 Å². The number of ether oxygens (including phenoxy) is 1. The molecule has 0 saturated carbocycles. The molecule has 1 amide bonds. The standard InChI is InChI=1S/C17H23NO3/c1-13(19)14-7-8-16(21-2)15(11-14)12-17(20)18-9-5-3-4-6-10-18/h7-8,11H,3-6,9-10,12H2,1-2H3. The fraction of sp³-hybridized carbons (Fsp3) is 0.529. The van der Waals surface area contributed by atoms with Crippen LogP contribution < -0.4 is 4.74 Å². The first-order valence-corrected chi connectivity index (χ1v) is 7.57. The van der Waals surface area contributed by atoms with E-state index in [0.717, 1.165) is 31.5 Å². The highest BCUT2D eigenvalue weighted by Crippen LogP contribution is 2.22. The molecule has 0 atom stereocenters. The Morgan fingerprint density at radius 1 is 1.14 bits per heavy atom. The third-order valence-electron chi connectivity index (χ3n) is 3.99. The highest BCUT2D eigenvalue weighted by atomic mass is 16.5. The van der Waals surface area contributed by atoms with Crippen molar-refractivity contribution < 1.29 is 14.3 Å². The van der Waals surface area contributed by atoms with Crippen LogP contribution in [0.2, 0.25) is 0 Å². The molecule has 0 radical (unpaired) electrons. The molecule has 2 rings (SSSR count). The second-order valence-electron chi connectivity index (χ2n) is 5.55. The van der Waals surface area contributed by atoms with Crippen molar-refractivity contribution in [1.29, 1.82) is 0 Å². The van der Waals surface area contributed by atoms with Gasteiger partial charge >= 0.3 is 0 Å². The van der Waals surface area contributed by atoms with Crippen molar-refractivity contribution in [3.8, 4) is 5.75 Å². The van der Waals surface area contributed by atoms with Gasteiger partial charge in [-0.25, -0.2) is 0 Å². The Bertz CT molecular complexity index is 517. The number of carbonyl (C=O) groups excluding carboxylic acids is 2. The Balaban J connectivity index is 2.14. The predicted molar refractivity (Wildman–Crippen MR) is 81.8 cm³/mol. The lowest BCUT2D eigenvalue weighted by atomic mass is 10.0. The second kappa shape index (κ2) is 7.25. The van der Waals surface area contributed by atoms with Crippen molar-refractivity contribution in [2.24, 2.45) is 0 Å². The van der Waals surface area contributed by atoms with Gasteiger partial charge in [-0.2, -0.15) is 0 Å². The van der Waals surface area contributed by atoms with Crippen LogP contribution >= 0.6 is 0 Å². The molecule has 1 fully saturated rings. The zero-order valence-corrected chi connectivity index (χ0v) is 12.9. The van der Waals surface area contributed by atoms with E-state index < -0.39 is 0 Å². The maximum absolute atomic E-state index is 12.5. The van der Waals surface area contributed by atoms with E-state index in [1.165, 1.54) is 19.8 Å². The minimum atomic E-state index is 0.00104. The summed E-state index contributed by atoms with van der Waals surface area (Å²) >= 11 is 0. The van der Waals surface area contributed by atoms with E-state index in [1.807, 2.05) is 4.90 Å². The van der Waals surface area contributed by atoms with Crippen LogP contribution in [-0.4, -0.2) is 36.8 Å². The van der Waals surface area contributed by atoms with Crippen molar-refractivity contribution in [2.75, 3.05) is 20.2 Å². The Hall–Kier alpha value is -1.84. The van der Waals surface area contributed by atoms with Gasteiger partial charge in [0.05, 0.1) is 13.5 Å². The first kappa shape index (κ1) is 15.5. The molecule has 1 aromatic rings. The zero-order chi connectivity index (χ0) is 15.2. The lowest BCUT2D eigenvalue weighted by Crippen LogP contribution is -2.33. The van der Waals surface area contributed by atoms with Gasteiger partial charge in [0.1, 0.15) is 5.75 Å². The minimum Gasteiger partial charge on any atom is -0.496 e. The van der Waals surface area contributed by atoms with E-state index >= 15 is 0 Å². The van der Waals surface area contributed by atoms with Gasteiger partial charge in [-0.3, -0.25) is 9.59 Å². The van der Waals surface area contributed by atoms with Gasteiger partial charge in [0, 0.05) is 24.2 Å². The summed E-state index contributed by atoms with van der Waals surface area (Å²) in [7, 11) is 1.59. The summed E-state index contributed by atoms with van der Waals surface area (Å²) < 4.78 is 5.31. The monoisotopic (exact) mass is 289 g/mol. The summed E-state index contributed by atoms with van der Waals surface area (Å²) in [5.74, 6) is 0.792. The molecule has 0 aliphatic carbocycles. The molecule has 4 nitrogen and oxygen atoms in total. The first-order valence-electron chi connectivity index (χ1n) is 7.57. The Morgan fingerprint density at radius 3 is 2.38 bits per heavy atom. The number of methoxy groups -OCH3 is 1. The highest BCUT2D eigenvalue weighted by molar-refractivity contribution is 5.94. The van der Waals surface area contributed by atoms with Gasteiger partial charge in [0.15, 0.2) is 5.78 Å². The maximum Gasteiger partial charge on any atom is 0.227 e. The van der Waals surface area contributed by atoms with E-state index in [1.54, 1.807) is 25.3 Å². The second-order valence-corrected chi connectivity index (χ2v) is 5.55. The van der Waals surface area contributed by atoms with Crippen LogP contribution in [0.15, 0.2) is 18.2 Å². The number of nitrogens with zero attached hydrogens (tertiary/aromatic N) is 1. The largest absolute Gasteiger partial charge is 0.496 e. The summed E-state index contributed by atoms with van der Waals surface area (Å²) in [4.78, 5) is 25.9. The van der Waals surface area contributed by atoms with Crippen LogP contribution in [0.5, 0.6) is 5.75 Å². The third kappa shape index (κ3) is 4.06. The summed E-state index contributed by atoms with van der Waals surface area (Å²) in [6.45, 7) is 3.21. The van der Waals surface area contributed by atoms with Gasteiger partial charge in [-0.15, -0.1) is 0 Å². The molecule has 4 heteroatoms. The van der Waals surface area contributed by atoms with Gasteiger partial charge in [-0.05, 0) is 38.0 Å². The summed E-state index contributed by atoms with van der Waals surface area (Å²) in [6, 6.07) is 5.28. The van der Waals surface area contributed by atoms with Crippen molar-refractivity contribution in [1.82, 2.24) is 4.90 Å². The lowest BCUT2D eigenvalue weighted by molar-refractivity contribution is -0.130. The molecule has 1 aliphatic rings. The van der Waals surface area contributed by atoms with Crippen LogP contribution in [0.1, 0.15) is 48.5 Å². The van der Waals surface area contributed by atoms with E-state index in [4.69, 9.17) is 4.74 Å². The molecule has 0 unspecified atom stereocenters. The summed E-state index contributed by atoms with van der Waals surface area (Å²) in [5.41, 5.74) is 1.41. The number of Topliss-reactive ketones (excluding diaryl/α,β-unsaturated/α-hetero) is 1. The average molecular weight is 289 g/mol. The molecule has 1 saturated heterocycles. The molecule has 1 aromatic carbocycles. The summed E-state index contributed by atoms with van der Waals surface area (Å²) in [6.07, 6.45) is 4.86. The van der Waals surface area contributed by atoms with Crippen LogP contribution in [0, 0.1) is 0 Å². The topological polar surface area (TPSA) is 46.6 Å². The van der Waals surface area contributed by atoms with E-state index in [2.05, 4.69) is 0 Å². The smallest absolute Gasteiger partial charge is 0.227 e. The van der Waals surface area contributed by atoms with Crippen LogP contribution in [0.3, 0.4) is 0 Å². The van der Waals surface area contributed by atoms with Crippen LogP contribution in [-0.2, 0) is 11.2 Å². The number of amides is 1. The number of likely N-dealkylation sites (tertiary alicyclic amines) is 1. The molecule has 0 bridgehead atoms. The van der Waals surface area contributed by atoms with Crippen molar-refractivity contribution in [2.45, 2.75) is 39.0 Å². The molecule has 1 aliphatic heterocycles. The predicted octanol–water partition coefficient (Wildman–Crippen LogP) is 2.84. The molecule has 0 N–H and O–H groups in total. The number of hydrogen-bond acceptors (Lipinski definition) is 3. The molecule has 0 aromatic heterocycles. The minimum absolute atomic E-state index is 0.00104. The van der Waals surface area contributed by atoms with Crippen molar-refractivity contribution in [3.63, 3.8) is 0 Å². The van der Waals surface area contributed by atoms with E-state index in [9.17, 15) is 9.59 Å². The van der Waals surface area contributed by atoms with Gasteiger partial charge in [0.25, 0.3) is 0 Å². The maximum atomic E-state index is 12.5. The normalized spacial score (nSPS) is 15.4. The number of rotatable bonds is 4. The summed E-state index contributed by atoms with van der Waals surface area (Å²) in [5, 5.41) is 0. The van der Waals surface area contributed by atoms with Crippen LogP contribution in [0.4, 0.5) is 0 Å². The fourth-order valence-electron chi connectivity index (χ4n) is 2.73. The van der Waals surface area contributed by atoms with Crippen molar-refractivity contribution >= 4 is 11.7 Å². The third-order valence-corrected chi connectivity index (χ3v) is 3.99. The van der Waals surface area contributed by atoms with E-state index in [-0.39, 0.29) is 11.7 Å². The van der Waals surface area contributed by atoms with Crippen LogP contribution in [0.25, 0.3) is 0 Å². The molecular formula is C17H23NO3. The number of carbonyl (C=O) groups is 2. The molecule has 21 heavy (non-hydrogen) atoms. The number of ketones is 1. The Morgan fingerprint density at radius 2 is 1.81 bits per heavy atom. The zero-order valence-electron chi connectivity index (χ0n) is 12.9. The average Bonchev–Trinajstić information content (AvgIpc) is 2.76. The van der Waals surface area contributed by atoms with Gasteiger partial charge in [-0.1, -0.05) is 12.8 Å². The number of hydrogen-bond donors (Lipinski definition) is 0. The van der Waals surface area contributed by atoms with Gasteiger partial charge in [0.2, 0.25) is 5.91 Å². The first-order chi connectivity index (χ1) is 10.1. The Labute approximate surface area is 126 Å². The molecule has 0 spiro atoms. The molecule has 1 heterocycles. The SMILES string of the molecule is COc1ccc(C(C)=O)cc1CC(=O)N1CCCCCC1. The fourth-order valence-corrected chi connectivity index (χ4v) is 2.73. The molecular weight excluding hydrogens is 266 g/mol. The van der Waals surface area contributed by atoms with E-state index in [0.29, 0.717) is 17.7 Å². The lowest BCUT2D eigenvalue weighted by Gasteiger charge is -2.21. The number of benzene rings is 1. The highest BCUT2D eigenvalue weighted by Gasteiger charge is 2.18. The van der Waals surface area contributed by atoms with Gasteiger partial charge < -0.3 is 9.64 Å². The molecule has 114 valence electrons.